The van der Waals surface area contributed by atoms with E-state index in [1.165, 1.54) is 12.0 Å². The highest BCUT2D eigenvalue weighted by atomic mass is 16.1. The second kappa shape index (κ2) is 6.18. The second-order valence-electron chi connectivity index (χ2n) is 5.85. The summed E-state index contributed by atoms with van der Waals surface area (Å²) in [5, 5.41) is 0. The van der Waals surface area contributed by atoms with Crippen LogP contribution in [0.5, 0.6) is 0 Å². The van der Waals surface area contributed by atoms with E-state index in [-0.39, 0.29) is 5.92 Å². The van der Waals surface area contributed by atoms with E-state index >= 15 is 0 Å². The molecule has 3 unspecified atom stereocenters. The fourth-order valence-corrected chi connectivity index (χ4v) is 2.62. The molecule has 0 heterocycles. The van der Waals surface area contributed by atoms with E-state index in [4.69, 9.17) is 0 Å². The third-order valence-corrected chi connectivity index (χ3v) is 3.83. The van der Waals surface area contributed by atoms with Crippen LogP contribution in [0.3, 0.4) is 0 Å². The molecule has 0 saturated heterocycles. The summed E-state index contributed by atoms with van der Waals surface area (Å²) in [7, 11) is 0. The molecule has 1 aliphatic rings. The summed E-state index contributed by atoms with van der Waals surface area (Å²) in [5.74, 6) is 1.83. The maximum atomic E-state index is 11.7. The standard InChI is InChI=1S/C16H26O/c1-11(2)7-6-8-12(3)15-9-13(4)16(17)14(5)10-15/h7,9,12,14-15H,6,8,10H2,1-5H3. The van der Waals surface area contributed by atoms with Crippen LogP contribution in [0.15, 0.2) is 23.3 Å². The van der Waals surface area contributed by atoms with Crippen molar-refractivity contribution in [1.29, 1.82) is 0 Å². The Morgan fingerprint density at radius 3 is 2.71 bits per heavy atom. The number of rotatable bonds is 4. The van der Waals surface area contributed by atoms with Crippen LogP contribution < -0.4 is 0 Å². The number of hydrogen-bond donors (Lipinski definition) is 0. The smallest absolute Gasteiger partial charge is 0.161 e. The van der Waals surface area contributed by atoms with Gasteiger partial charge in [0.2, 0.25) is 0 Å². The molecule has 1 aliphatic carbocycles. The molecule has 0 saturated carbocycles. The Kier molecular flexibility index (Phi) is 5.17. The van der Waals surface area contributed by atoms with Crippen LogP contribution in [0.4, 0.5) is 0 Å². The first-order valence-electron chi connectivity index (χ1n) is 6.77. The molecule has 0 aliphatic heterocycles. The van der Waals surface area contributed by atoms with E-state index in [0.717, 1.165) is 18.4 Å². The fraction of sp³-hybridized carbons (Fsp3) is 0.688. The first kappa shape index (κ1) is 14.2. The first-order valence-corrected chi connectivity index (χ1v) is 6.77. The molecule has 1 nitrogen and oxygen atoms in total. The molecule has 17 heavy (non-hydrogen) atoms. The van der Waals surface area contributed by atoms with E-state index in [2.05, 4.69) is 39.8 Å². The van der Waals surface area contributed by atoms with Crippen molar-refractivity contribution in [2.24, 2.45) is 17.8 Å². The predicted molar refractivity (Wildman–Crippen MR) is 73.9 cm³/mol. The maximum absolute atomic E-state index is 11.7. The SMILES string of the molecule is CC(C)=CCCC(C)C1C=C(C)C(=O)C(C)C1. The van der Waals surface area contributed by atoms with Crippen LogP contribution in [-0.2, 0) is 4.79 Å². The number of hydrogen-bond acceptors (Lipinski definition) is 1. The molecule has 0 amide bonds. The lowest BCUT2D eigenvalue weighted by Crippen LogP contribution is -2.25. The minimum absolute atomic E-state index is 0.218. The Morgan fingerprint density at radius 2 is 2.18 bits per heavy atom. The zero-order valence-corrected chi connectivity index (χ0v) is 11.9. The van der Waals surface area contributed by atoms with Crippen molar-refractivity contribution in [1.82, 2.24) is 0 Å². The van der Waals surface area contributed by atoms with Gasteiger partial charge in [-0.25, -0.2) is 0 Å². The summed E-state index contributed by atoms with van der Waals surface area (Å²) in [6.45, 7) is 10.6. The highest BCUT2D eigenvalue weighted by molar-refractivity contribution is 5.97. The van der Waals surface area contributed by atoms with Crippen molar-refractivity contribution < 1.29 is 4.79 Å². The van der Waals surface area contributed by atoms with Gasteiger partial charge in [-0.15, -0.1) is 0 Å². The van der Waals surface area contributed by atoms with Crippen molar-refractivity contribution in [2.75, 3.05) is 0 Å². The molecule has 0 aromatic heterocycles. The van der Waals surface area contributed by atoms with Crippen molar-refractivity contribution in [3.8, 4) is 0 Å². The summed E-state index contributed by atoms with van der Waals surface area (Å²) in [5.41, 5.74) is 2.37. The van der Waals surface area contributed by atoms with Gasteiger partial charge in [-0.1, -0.05) is 31.6 Å². The summed E-state index contributed by atoms with van der Waals surface area (Å²) < 4.78 is 0. The monoisotopic (exact) mass is 234 g/mol. The van der Waals surface area contributed by atoms with Crippen molar-refractivity contribution in [3.63, 3.8) is 0 Å². The summed E-state index contributed by atoms with van der Waals surface area (Å²) >= 11 is 0. The molecule has 1 heteroatoms. The van der Waals surface area contributed by atoms with Gasteiger partial charge in [0.15, 0.2) is 5.78 Å². The van der Waals surface area contributed by atoms with Crippen LogP contribution in [0.2, 0.25) is 0 Å². The summed E-state index contributed by atoms with van der Waals surface area (Å²) in [6.07, 6.45) is 7.93. The summed E-state index contributed by atoms with van der Waals surface area (Å²) in [6, 6.07) is 0. The second-order valence-corrected chi connectivity index (χ2v) is 5.85. The third kappa shape index (κ3) is 4.14. The molecular weight excluding hydrogens is 208 g/mol. The van der Waals surface area contributed by atoms with Gasteiger partial charge in [-0.3, -0.25) is 4.79 Å². The Balaban J connectivity index is 2.56. The summed E-state index contributed by atoms with van der Waals surface area (Å²) in [4.78, 5) is 11.7. The number of carbonyl (C=O) groups is 1. The molecule has 0 N–H and O–H groups in total. The Hall–Kier alpha value is -0.850. The van der Waals surface area contributed by atoms with Gasteiger partial charge in [-0.2, -0.15) is 0 Å². The van der Waals surface area contributed by atoms with Crippen molar-refractivity contribution in [3.05, 3.63) is 23.3 Å². The van der Waals surface area contributed by atoms with Crippen LogP contribution in [-0.4, -0.2) is 5.78 Å². The number of carbonyl (C=O) groups excluding carboxylic acids is 1. The number of ketones is 1. The average molecular weight is 234 g/mol. The van der Waals surface area contributed by atoms with Crippen molar-refractivity contribution in [2.45, 2.75) is 53.9 Å². The normalized spacial score (nSPS) is 26.4. The zero-order valence-electron chi connectivity index (χ0n) is 11.9. The molecular formula is C16H26O. The van der Waals surface area contributed by atoms with Crippen LogP contribution in [0.1, 0.15) is 53.9 Å². The molecule has 0 radical (unpaired) electrons. The molecule has 0 bridgehead atoms. The molecule has 3 atom stereocenters. The van der Waals surface area contributed by atoms with Gasteiger partial charge in [0.25, 0.3) is 0 Å². The third-order valence-electron chi connectivity index (χ3n) is 3.83. The van der Waals surface area contributed by atoms with Gasteiger partial charge < -0.3 is 0 Å². The lowest BCUT2D eigenvalue weighted by Gasteiger charge is -2.28. The van der Waals surface area contributed by atoms with E-state index in [9.17, 15) is 4.79 Å². The molecule has 96 valence electrons. The fourth-order valence-electron chi connectivity index (χ4n) is 2.62. The molecule has 0 aromatic rings. The van der Waals surface area contributed by atoms with E-state index in [1.54, 1.807) is 0 Å². The number of Topliss-reactive ketones (excluding diaryl/α,β-unsaturated/α-hetero) is 1. The quantitative estimate of drug-likeness (QED) is 0.653. The highest BCUT2D eigenvalue weighted by Gasteiger charge is 2.27. The molecule has 0 spiro atoms. The van der Waals surface area contributed by atoms with Gasteiger partial charge in [0.1, 0.15) is 0 Å². The lowest BCUT2D eigenvalue weighted by atomic mass is 9.76. The molecule has 1 rings (SSSR count). The van der Waals surface area contributed by atoms with Crippen LogP contribution in [0, 0.1) is 17.8 Å². The predicted octanol–water partition coefficient (Wildman–Crippen LogP) is 4.54. The van der Waals surface area contributed by atoms with E-state index in [1.807, 2.05) is 6.92 Å². The van der Waals surface area contributed by atoms with Crippen molar-refractivity contribution >= 4 is 5.78 Å². The Labute approximate surface area is 106 Å². The van der Waals surface area contributed by atoms with Gasteiger partial charge in [0, 0.05) is 5.92 Å². The Bertz CT molecular complexity index is 331. The molecule has 0 fully saturated rings. The van der Waals surface area contributed by atoms with Gasteiger partial charge in [-0.05, 0) is 57.4 Å². The molecule has 0 aromatic carbocycles. The largest absolute Gasteiger partial charge is 0.294 e. The highest BCUT2D eigenvalue weighted by Crippen LogP contribution is 2.32. The first-order chi connectivity index (χ1) is 7.91. The van der Waals surface area contributed by atoms with Crippen LogP contribution >= 0.6 is 0 Å². The Morgan fingerprint density at radius 1 is 1.53 bits per heavy atom. The topological polar surface area (TPSA) is 17.1 Å². The van der Waals surface area contributed by atoms with Gasteiger partial charge in [0.05, 0.1) is 0 Å². The van der Waals surface area contributed by atoms with E-state index < -0.39 is 0 Å². The average Bonchev–Trinajstić information content (AvgIpc) is 2.24. The van der Waals surface area contributed by atoms with Crippen LogP contribution in [0.25, 0.3) is 0 Å². The maximum Gasteiger partial charge on any atom is 0.161 e. The van der Waals surface area contributed by atoms with E-state index in [0.29, 0.717) is 17.6 Å². The van der Waals surface area contributed by atoms with Gasteiger partial charge >= 0.3 is 0 Å². The minimum atomic E-state index is 0.218. The lowest BCUT2D eigenvalue weighted by molar-refractivity contribution is -0.119. The number of allylic oxidation sites excluding steroid dienone is 4. The zero-order chi connectivity index (χ0) is 13.0. The minimum Gasteiger partial charge on any atom is -0.294 e.